The SMILES string of the molecule is Cc1ccccc1N1[C@@H](C)C(C2CCCC2)OC1(c1c(C)cccc1C)C1CCCCCCCC1. The molecule has 2 aromatic rings. The van der Waals surface area contributed by atoms with Crippen molar-refractivity contribution < 1.29 is 4.74 Å². The number of nitrogens with zero attached hydrogens (tertiary/aromatic N) is 1. The van der Waals surface area contributed by atoms with E-state index in [0.717, 1.165) is 0 Å². The molecule has 0 amide bonds. The minimum Gasteiger partial charge on any atom is -0.345 e. The Morgan fingerprint density at radius 1 is 0.686 bits per heavy atom. The third-order valence-corrected chi connectivity index (χ3v) is 9.54. The van der Waals surface area contributed by atoms with Gasteiger partial charge in [0.25, 0.3) is 0 Å². The van der Waals surface area contributed by atoms with E-state index < -0.39 is 5.72 Å². The van der Waals surface area contributed by atoms with Crippen molar-refractivity contribution in [2.45, 2.75) is 123 Å². The van der Waals surface area contributed by atoms with Gasteiger partial charge >= 0.3 is 0 Å². The Labute approximate surface area is 214 Å². The molecule has 2 nitrogen and oxygen atoms in total. The zero-order valence-corrected chi connectivity index (χ0v) is 22.7. The molecule has 35 heavy (non-hydrogen) atoms. The Balaban J connectivity index is 1.73. The molecule has 0 bridgehead atoms. The molecule has 3 aliphatic rings. The standard InChI is InChI=1S/C33H47NO/c1-24-16-11-14-23-30(24)34-27(4)32(28-19-12-13-20-28)35-33(34,31-25(2)17-15-18-26(31)3)29-21-9-7-5-6-8-10-22-29/h11,14-18,23,27-29,32H,5-10,12-13,19-22H2,1-4H3/t27-,32?,33?/m0/s1. The van der Waals surface area contributed by atoms with Crippen LogP contribution in [0.2, 0.25) is 0 Å². The molecule has 1 saturated heterocycles. The molecule has 2 saturated carbocycles. The molecular formula is C33H47NO. The summed E-state index contributed by atoms with van der Waals surface area (Å²) in [6, 6.07) is 16.3. The minimum absolute atomic E-state index is 0.295. The maximum absolute atomic E-state index is 7.72. The topological polar surface area (TPSA) is 12.5 Å². The van der Waals surface area contributed by atoms with E-state index in [1.54, 1.807) is 0 Å². The van der Waals surface area contributed by atoms with Crippen LogP contribution < -0.4 is 4.90 Å². The van der Waals surface area contributed by atoms with Crippen molar-refractivity contribution in [1.82, 2.24) is 0 Å². The van der Waals surface area contributed by atoms with E-state index >= 15 is 0 Å². The third kappa shape index (κ3) is 4.57. The molecule has 3 fully saturated rings. The van der Waals surface area contributed by atoms with Crippen LogP contribution in [0.15, 0.2) is 42.5 Å². The number of para-hydroxylation sites is 1. The van der Waals surface area contributed by atoms with Gasteiger partial charge in [0.1, 0.15) is 0 Å². The average molecular weight is 474 g/mol. The van der Waals surface area contributed by atoms with Gasteiger partial charge in [-0.1, -0.05) is 87.8 Å². The Hall–Kier alpha value is -1.80. The van der Waals surface area contributed by atoms with Crippen LogP contribution in [0.4, 0.5) is 5.69 Å². The van der Waals surface area contributed by atoms with E-state index in [4.69, 9.17) is 4.74 Å². The highest BCUT2D eigenvalue weighted by atomic mass is 16.5. The first-order chi connectivity index (χ1) is 17.0. The van der Waals surface area contributed by atoms with Crippen molar-refractivity contribution in [2.24, 2.45) is 11.8 Å². The average Bonchev–Trinajstić information content (AvgIpc) is 3.49. The molecule has 2 aliphatic carbocycles. The van der Waals surface area contributed by atoms with E-state index in [1.165, 1.54) is 105 Å². The van der Waals surface area contributed by atoms with Crippen LogP contribution in [0.1, 0.15) is 106 Å². The van der Waals surface area contributed by atoms with Crippen LogP contribution in [0.25, 0.3) is 0 Å². The molecule has 5 rings (SSSR count). The Morgan fingerprint density at radius 2 is 1.23 bits per heavy atom. The molecule has 1 heterocycles. The van der Waals surface area contributed by atoms with Gasteiger partial charge in [-0.2, -0.15) is 0 Å². The van der Waals surface area contributed by atoms with E-state index in [1.807, 2.05) is 0 Å². The van der Waals surface area contributed by atoms with Gasteiger partial charge in [0.05, 0.1) is 12.1 Å². The molecule has 3 atom stereocenters. The second kappa shape index (κ2) is 10.7. The lowest BCUT2D eigenvalue weighted by molar-refractivity contribution is -0.107. The van der Waals surface area contributed by atoms with Crippen LogP contribution in [0.3, 0.4) is 0 Å². The summed E-state index contributed by atoms with van der Waals surface area (Å²) < 4.78 is 7.72. The number of benzene rings is 2. The van der Waals surface area contributed by atoms with Crippen LogP contribution in [0, 0.1) is 32.6 Å². The number of hydrogen-bond donors (Lipinski definition) is 0. The molecule has 0 radical (unpaired) electrons. The van der Waals surface area contributed by atoms with Gasteiger partial charge in [-0.05, 0) is 82.1 Å². The Morgan fingerprint density at radius 3 is 1.86 bits per heavy atom. The van der Waals surface area contributed by atoms with E-state index in [2.05, 4.69) is 75.1 Å². The molecule has 0 N–H and O–H groups in total. The predicted octanol–water partition coefficient (Wildman–Crippen LogP) is 9.00. The van der Waals surface area contributed by atoms with Crippen molar-refractivity contribution in [3.63, 3.8) is 0 Å². The fraction of sp³-hybridized carbons (Fsp3) is 0.636. The lowest BCUT2D eigenvalue weighted by atomic mass is 9.77. The summed E-state index contributed by atoms with van der Waals surface area (Å²) in [7, 11) is 0. The second-order valence-electron chi connectivity index (χ2n) is 11.9. The lowest BCUT2D eigenvalue weighted by Crippen LogP contribution is -2.52. The highest BCUT2D eigenvalue weighted by molar-refractivity contribution is 5.60. The van der Waals surface area contributed by atoms with Gasteiger partial charge in [-0.3, -0.25) is 0 Å². The lowest BCUT2D eigenvalue weighted by Gasteiger charge is -2.48. The third-order valence-electron chi connectivity index (χ3n) is 9.54. The second-order valence-corrected chi connectivity index (χ2v) is 11.9. The quantitative estimate of drug-likeness (QED) is 0.439. The minimum atomic E-state index is -0.390. The summed E-state index contributed by atoms with van der Waals surface area (Å²) in [6.45, 7) is 9.42. The van der Waals surface area contributed by atoms with Crippen molar-refractivity contribution in [2.75, 3.05) is 4.90 Å². The van der Waals surface area contributed by atoms with Crippen molar-refractivity contribution in [3.8, 4) is 0 Å². The largest absolute Gasteiger partial charge is 0.345 e. The molecule has 2 aromatic carbocycles. The maximum Gasteiger partial charge on any atom is 0.171 e. The van der Waals surface area contributed by atoms with Gasteiger partial charge in [0, 0.05) is 17.2 Å². The summed E-state index contributed by atoms with van der Waals surface area (Å²) in [6.07, 6.45) is 16.4. The van der Waals surface area contributed by atoms with Crippen LogP contribution >= 0.6 is 0 Å². The normalized spacial score (nSPS) is 29.2. The predicted molar refractivity (Wildman–Crippen MR) is 148 cm³/mol. The van der Waals surface area contributed by atoms with Crippen LogP contribution in [-0.2, 0) is 10.5 Å². The number of anilines is 1. The fourth-order valence-corrected chi connectivity index (χ4v) is 7.90. The Bertz CT molecular complexity index is 962. The molecule has 1 aliphatic heterocycles. The zero-order valence-electron chi connectivity index (χ0n) is 22.7. The monoisotopic (exact) mass is 473 g/mol. The van der Waals surface area contributed by atoms with Gasteiger partial charge in [-0.25, -0.2) is 0 Å². The van der Waals surface area contributed by atoms with Gasteiger partial charge in [0.2, 0.25) is 0 Å². The van der Waals surface area contributed by atoms with Crippen molar-refractivity contribution in [1.29, 1.82) is 0 Å². The van der Waals surface area contributed by atoms with Gasteiger partial charge in [-0.15, -0.1) is 0 Å². The Kier molecular flexibility index (Phi) is 7.58. The highest BCUT2D eigenvalue weighted by Crippen LogP contribution is 2.55. The summed E-state index contributed by atoms with van der Waals surface area (Å²) in [4.78, 5) is 2.79. The number of rotatable bonds is 4. The molecule has 190 valence electrons. The van der Waals surface area contributed by atoms with Crippen LogP contribution in [0.5, 0.6) is 0 Å². The van der Waals surface area contributed by atoms with E-state index in [-0.39, 0.29) is 0 Å². The fourth-order valence-electron chi connectivity index (χ4n) is 7.90. The van der Waals surface area contributed by atoms with Gasteiger partial charge < -0.3 is 9.64 Å². The summed E-state index contributed by atoms with van der Waals surface area (Å²) in [5, 5.41) is 0. The molecule has 0 spiro atoms. The molecule has 0 aromatic heterocycles. The highest BCUT2D eigenvalue weighted by Gasteiger charge is 2.58. The molecular weight excluding hydrogens is 426 g/mol. The first-order valence-corrected chi connectivity index (χ1v) is 14.6. The summed E-state index contributed by atoms with van der Waals surface area (Å²) in [5.41, 5.74) is 6.60. The maximum atomic E-state index is 7.72. The van der Waals surface area contributed by atoms with Crippen molar-refractivity contribution >= 4 is 5.69 Å². The van der Waals surface area contributed by atoms with E-state index in [9.17, 15) is 0 Å². The number of hydrogen-bond acceptors (Lipinski definition) is 2. The van der Waals surface area contributed by atoms with Crippen LogP contribution in [-0.4, -0.2) is 12.1 Å². The molecule has 2 heteroatoms. The molecule has 2 unspecified atom stereocenters. The number of ether oxygens (including phenoxy) is 1. The van der Waals surface area contributed by atoms with E-state index in [0.29, 0.717) is 24.0 Å². The first kappa shape index (κ1) is 24.9. The summed E-state index contributed by atoms with van der Waals surface area (Å²) >= 11 is 0. The van der Waals surface area contributed by atoms with Gasteiger partial charge in [0.15, 0.2) is 5.72 Å². The smallest absolute Gasteiger partial charge is 0.171 e. The summed E-state index contributed by atoms with van der Waals surface area (Å²) in [5.74, 6) is 1.19. The van der Waals surface area contributed by atoms with Crippen molar-refractivity contribution in [3.05, 3.63) is 64.7 Å². The number of aryl methyl sites for hydroxylation is 3. The zero-order chi connectivity index (χ0) is 24.4. The first-order valence-electron chi connectivity index (χ1n) is 14.6.